The number of carbonyl (C=O) groups excluding carboxylic acids is 1. The molecular formula is C15H10BrClN2O3. The molecule has 0 spiro atoms. The van der Waals surface area contributed by atoms with Crippen molar-refractivity contribution >= 4 is 44.6 Å². The Morgan fingerprint density at radius 3 is 2.86 bits per heavy atom. The first-order chi connectivity index (χ1) is 10.5. The first-order valence-corrected chi connectivity index (χ1v) is 7.47. The monoisotopic (exact) mass is 380 g/mol. The van der Waals surface area contributed by atoms with Gasteiger partial charge in [0.1, 0.15) is 5.52 Å². The highest BCUT2D eigenvalue weighted by atomic mass is 79.9. The van der Waals surface area contributed by atoms with E-state index in [0.29, 0.717) is 27.6 Å². The molecule has 0 atom stereocenters. The lowest BCUT2D eigenvalue weighted by Gasteiger charge is -2.01. The van der Waals surface area contributed by atoms with Gasteiger partial charge < -0.3 is 9.15 Å². The molecule has 0 saturated heterocycles. The first-order valence-electron chi connectivity index (χ1n) is 6.30. The van der Waals surface area contributed by atoms with Crippen LogP contribution in [0, 0.1) is 6.92 Å². The Bertz CT molecular complexity index is 892. The van der Waals surface area contributed by atoms with Crippen LogP contribution in [0.4, 0.5) is 0 Å². The van der Waals surface area contributed by atoms with E-state index in [1.54, 1.807) is 18.5 Å². The average Bonchev–Trinajstić information content (AvgIpc) is 2.93. The molecule has 0 aliphatic rings. The Kier molecular flexibility index (Phi) is 3.88. The second-order valence-corrected chi connectivity index (χ2v) is 5.87. The fourth-order valence-electron chi connectivity index (χ4n) is 2.06. The van der Waals surface area contributed by atoms with Crippen molar-refractivity contribution in [1.29, 1.82) is 0 Å². The van der Waals surface area contributed by atoms with Crippen molar-refractivity contribution in [1.82, 2.24) is 9.97 Å². The zero-order valence-electron chi connectivity index (χ0n) is 11.7. The summed E-state index contributed by atoms with van der Waals surface area (Å²) in [6.07, 6.45) is 3.36. The second-order valence-electron chi connectivity index (χ2n) is 4.61. The van der Waals surface area contributed by atoms with Gasteiger partial charge in [0.2, 0.25) is 5.89 Å². The quantitative estimate of drug-likeness (QED) is 0.616. The molecule has 0 bridgehead atoms. The number of benzene rings is 1. The molecule has 0 aliphatic carbocycles. The largest absolute Gasteiger partial charge is 0.465 e. The average molecular weight is 382 g/mol. The third-order valence-electron chi connectivity index (χ3n) is 3.25. The van der Waals surface area contributed by atoms with Crippen LogP contribution in [0.2, 0.25) is 5.02 Å². The van der Waals surface area contributed by atoms with Crippen LogP contribution in [0.15, 0.2) is 33.4 Å². The van der Waals surface area contributed by atoms with Gasteiger partial charge in [-0.1, -0.05) is 11.6 Å². The molecule has 2 heterocycles. The van der Waals surface area contributed by atoms with Gasteiger partial charge in [-0.15, -0.1) is 0 Å². The lowest BCUT2D eigenvalue weighted by molar-refractivity contribution is 0.0601. The van der Waals surface area contributed by atoms with Crippen molar-refractivity contribution in [3.05, 3.63) is 45.1 Å². The van der Waals surface area contributed by atoms with Crippen molar-refractivity contribution < 1.29 is 13.9 Å². The summed E-state index contributed by atoms with van der Waals surface area (Å²) in [6, 6.07) is 3.08. The zero-order valence-corrected chi connectivity index (χ0v) is 14.0. The van der Waals surface area contributed by atoms with Crippen LogP contribution in [0.1, 0.15) is 15.9 Å². The molecule has 0 aliphatic heterocycles. The normalized spacial score (nSPS) is 10.9. The van der Waals surface area contributed by atoms with Gasteiger partial charge in [-0.05, 0) is 40.5 Å². The van der Waals surface area contributed by atoms with Gasteiger partial charge in [0.15, 0.2) is 5.58 Å². The number of esters is 1. The maximum atomic E-state index is 11.6. The Hall–Kier alpha value is -1.92. The zero-order chi connectivity index (χ0) is 15.9. The number of methoxy groups -OCH3 is 1. The summed E-state index contributed by atoms with van der Waals surface area (Å²) in [5, 5.41) is 0.303. The SMILES string of the molecule is COC(=O)c1cc(Cl)c2oc(-c3cncc(Br)c3C)nc2c1. The highest BCUT2D eigenvalue weighted by molar-refractivity contribution is 9.10. The third-order valence-corrected chi connectivity index (χ3v) is 4.33. The molecule has 0 fully saturated rings. The Morgan fingerprint density at radius 2 is 2.14 bits per heavy atom. The topological polar surface area (TPSA) is 65.2 Å². The summed E-state index contributed by atoms with van der Waals surface area (Å²) < 4.78 is 11.3. The molecule has 0 unspecified atom stereocenters. The van der Waals surface area contributed by atoms with Crippen molar-refractivity contribution in [2.45, 2.75) is 6.92 Å². The summed E-state index contributed by atoms with van der Waals surface area (Å²) in [5.74, 6) is -0.0844. The number of hydrogen-bond donors (Lipinski definition) is 0. The molecule has 0 saturated carbocycles. The van der Waals surface area contributed by atoms with E-state index in [1.807, 2.05) is 6.92 Å². The van der Waals surface area contributed by atoms with Crippen LogP contribution in [-0.4, -0.2) is 23.0 Å². The highest BCUT2D eigenvalue weighted by Gasteiger charge is 2.17. The van der Waals surface area contributed by atoms with E-state index in [4.69, 9.17) is 20.8 Å². The molecule has 3 rings (SSSR count). The number of nitrogens with zero attached hydrogens (tertiary/aromatic N) is 2. The Labute approximate surface area is 139 Å². The van der Waals surface area contributed by atoms with E-state index in [2.05, 4.69) is 25.9 Å². The fourth-order valence-corrected chi connectivity index (χ4v) is 2.64. The Balaban J connectivity index is 2.20. The maximum absolute atomic E-state index is 11.6. The molecule has 2 aromatic heterocycles. The van der Waals surface area contributed by atoms with E-state index < -0.39 is 5.97 Å². The van der Waals surface area contributed by atoms with Gasteiger partial charge in [-0.25, -0.2) is 9.78 Å². The summed E-state index contributed by atoms with van der Waals surface area (Å²) in [5.41, 5.74) is 2.93. The molecule has 0 N–H and O–H groups in total. The molecule has 112 valence electrons. The molecule has 7 heteroatoms. The van der Waals surface area contributed by atoms with Gasteiger partial charge in [0, 0.05) is 16.9 Å². The fraction of sp³-hybridized carbons (Fsp3) is 0.133. The van der Waals surface area contributed by atoms with Crippen molar-refractivity contribution in [2.75, 3.05) is 7.11 Å². The predicted molar refractivity (Wildman–Crippen MR) is 86.0 cm³/mol. The summed E-state index contributed by atoms with van der Waals surface area (Å²) in [7, 11) is 1.31. The van der Waals surface area contributed by atoms with E-state index in [9.17, 15) is 4.79 Å². The standard InChI is InChI=1S/C15H10BrClN2O3/c1-7-9(5-18-6-10(7)16)14-19-12-4-8(15(20)21-2)3-11(17)13(12)22-14/h3-6H,1-2H3. The molecule has 0 amide bonds. The number of carbonyl (C=O) groups is 1. The van der Waals surface area contributed by atoms with Gasteiger partial charge in [0.05, 0.1) is 23.3 Å². The maximum Gasteiger partial charge on any atom is 0.337 e. The van der Waals surface area contributed by atoms with Gasteiger partial charge in [0.25, 0.3) is 0 Å². The predicted octanol–water partition coefficient (Wildman–Crippen LogP) is 4.40. The Morgan fingerprint density at radius 1 is 1.36 bits per heavy atom. The van der Waals surface area contributed by atoms with Crippen LogP contribution >= 0.6 is 27.5 Å². The summed E-state index contributed by atoms with van der Waals surface area (Å²) in [6.45, 7) is 1.93. The lowest BCUT2D eigenvalue weighted by Crippen LogP contribution is -2.00. The lowest BCUT2D eigenvalue weighted by atomic mass is 10.1. The first kappa shape index (κ1) is 15.0. The van der Waals surface area contributed by atoms with Gasteiger partial charge in [-0.2, -0.15) is 0 Å². The van der Waals surface area contributed by atoms with Gasteiger partial charge >= 0.3 is 5.97 Å². The smallest absolute Gasteiger partial charge is 0.337 e. The van der Waals surface area contributed by atoms with Crippen molar-refractivity contribution in [2.24, 2.45) is 0 Å². The number of rotatable bonds is 2. The van der Waals surface area contributed by atoms with Crippen molar-refractivity contribution in [3.8, 4) is 11.5 Å². The molecule has 5 nitrogen and oxygen atoms in total. The highest BCUT2D eigenvalue weighted by Crippen LogP contribution is 2.33. The third kappa shape index (κ3) is 2.48. The van der Waals surface area contributed by atoms with E-state index in [-0.39, 0.29) is 0 Å². The van der Waals surface area contributed by atoms with Crippen LogP contribution in [0.25, 0.3) is 22.6 Å². The number of pyridine rings is 1. The molecule has 1 aromatic carbocycles. The second kappa shape index (κ2) is 5.70. The number of halogens is 2. The minimum atomic E-state index is -0.478. The number of aromatic nitrogens is 2. The number of oxazole rings is 1. The van der Waals surface area contributed by atoms with Crippen LogP contribution in [0.3, 0.4) is 0 Å². The number of hydrogen-bond acceptors (Lipinski definition) is 5. The number of ether oxygens (including phenoxy) is 1. The molecule has 22 heavy (non-hydrogen) atoms. The van der Waals surface area contributed by atoms with Crippen molar-refractivity contribution in [3.63, 3.8) is 0 Å². The summed E-state index contributed by atoms with van der Waals surface area (Å²) in [4.78, 5) is 20.2. The minimum absolute atomic E-state index is 0.303. The summed E-state index contributed by atoms with van der Waals surface area (Å²) >= 11 is 9.59. The van der Waals surface area contributed by atoms with Crippen LogP contribution < -0.4 is 0 Å². The molecular weight excluding hydrogens is 372 g/mol. The van der Waals surface area contributed by atoms with Gasteiger partial charge in [-0.3, -0.25) is 4.98 Å². The van der Waals surface area contributed by atoms with E-state index >= 15 is 0 Å². The number of fused-ring (bicyclic) bond motifs is 1. The van der Waals surface area contributed by atoms with Crippen LogP contribution in [0.5, 0.6) is 0 Å². The van der Waals surface area contributed by atoms with Crippen LogP contribution in [-0.2, 0) is 4.74 Å². The minimum Gasteiger partial charge on any atom is -0.465 e. The van der Waals surface area contributed by atoms with E-state index in [0.717, 1.165) is 15.6 Å². The molecule has 0 radical (unpaired) electrons. The molecule has 3 aromatic rings. The van der Waals surface area contributed by atoms with E-state index in [1.165, 1.54) is 13.2 Å².